The Labute approximate surface area is 165 Å². The van der Waals surface area contributed by atoms with Gasteiger partial charge in [-0.3, -0.25) is 15.0 Å². The number of hydrogen-bond donors (Lipinski definition) is 6. The third kappa shape index (κ3) is 3.77. The van der Waals surface area contributed by atoms with E-state index in [0.717, 1.165) is 19.8 Å². The van der Waals surface area contributed by atoms with E-state index in [1.807, 2.05) is 0 Å². The average Bonchev–Trinajstić information content (AvgIpc) is 3.23. The van der Waals surface area contributed by atoms with Crippen molar-refractivity contribution in [2.75, 3.05) is 53.5 Å². The highest BCUT2D eigenvalue weighted by Crippen LogP contribution is 2.27. The Morgan fingerprint density at radius 1 is 1.25 bits per heavy atom. The molecule has 0 radical (unpaired) electrons. The zero-order valence-corrected chi connectivity index (χ0v) is 16.5. The predicted octanol–water partition coefficient (Wildman–Crippen LogP) is -3.44. The van der Waals surface area contributed by atoms with Crippen molar-refractivity contribution in [2.45, 2.75) is 36.7 Å². The van der Waals surface area contributed by atoms with Gasteiger partial charge in [0.25, 0.3) is 0 Å². The molecule has 8 atom stereocenters. The summed E-state index contributed by atoms with van der Waals surface area (Å²) in [5, 5.41) is 14.8. The predicted molar refractivity (Wildman–Crippen MR) is 102 cm³/mol. The van der Waals surface area contributed by atoms with Gasteiger partial charge in [0.2, 0.25) is 5.91 Å². The average molecular weight is 401 g/mol. The van der Waals surface area contributed by atoms with Gasteiger partial charge < -0.3 is 26.4 Å². The van der Waals surface area contributed by atoms with Gasteiger partial charge in [0, 0.05) is 64.5 Å². The molecule has 4 rings (SSSR count). The fourth-order valence-corrected chi connectivity index (χ4v) is 5.17. The Bertz CT molecular complexity index is 571. The van der Waals surface area contributed by atoms with Crippen molar-refractivity contribution >= 4 is 5.91 Å². The maximum atomic E-state index is 13.7. The number of methoxy groups -OCH3 is 1. The van der Waals surface area contributed by atoms with Gasteiger partial charge in [0.1, 0.15) is 6.17 Å². The van der Waals surface area contributed by atoms with Crippen LogP contribution in [-0.4, -0.2) is 106 Å². The van der Waals surface area contributed by atoms with Crippen molar-refractivity contribution in [3.63, 3.8) is 0 Å². The van der Waals surface area contributed by atoms with E-state index >= 15 is 0 Å². The number of piperidine rings is 1. The number of carbonyl (C=O) groups is 1. The standard InChI is InChI=1S/C17H33FN8O2/c1-25-8-21-5-11(25)13-10(4-20-6-12(13)28-2)23-17(27)14-15(19)24-26-7-9(18)3-22-16(14)26/h9-16,20-22,24H,3-8,19H2,1-2H3,(H,23,27). The number of amides is 1. The van der Waals surface area contributed by atoms with Crippen LogP contribution in [0.1, 0.15) is 0 Å². The van der Waals surface area contributed by atoms with Gasteiger partial charge in [-0.2, -0.15) is 0 Å². The van der Waals surface area contributed by atoms with Crippen molar-refractivity contribution in [1.82, 2.24) is 36.6 Å². The van der Waals surface area contributed by atoms with Gasteiger partial charge in [-0.25, -0.2) is 14.8 Å². The lowest BCUT2D eigenvalue weighted by atomic mass is 9.82. The van der Waals surface area contributed by atoms with Gasteiger partial charge in [-0.05, 0) is 7.05 Å². The summed E-state index contributed by atoms with van der Waals surface area (Å²) in [7, 11) is 3.81. The highest BCUT2D eigenvalue weighted by Gasteiger charge is 2.49. The molecule has 11 heteroatoms. The fraction of sp³-hybridized carbons (Fsp3) is 0.941. The summed E-state index contributed by atoms with van der Waals surface area (Å²) in [5.41, 5.74) is 9.22. The SMILES string of the molecule is COC1CNCC(NC(=O)C2C(N)NN3CC(F)CNC23)C1C1CNCN1C. The van der Waals surface area contributed by atoms with Crippen molar-refractivity contribution in [2.24, 2.45) is 17.6 Å². The van der Waals surface area contributed by atoms with Crippen molar-refractivity contribution in [3.05, 3.63) is 0 Å². The molecule has 7 N–H and O–H groups in total. The minimum atomic E-state index is -0.974. The lowest BCUT2D eigenvalue weighted by molar-refractivity contribution is -0.129. The highest BCUT2D eigenvalue weighted by atomic mass is 19.1. The van der Waals surface area contributed by atoms with Crippen LogP contribution in [-0.2, 0) is 9.53 Å². The number of nitrogens with one attached hydrogen (secondary N) is 5. The molecule has 1 amide bonds. The number of nitrogens with two attached hydrogens (primary N) is 1. The molecule has 0 aromatic heterocycles. The summed E-state index contributed by atoms with van der Waals surface area (Å²) >= 11 is 0. The Kier molecular flexibility index (Phi) is 6.14. The molecule has 10 nitrogen and oxygen atoms in total. The summed E-state index contributed by atoms with van der Waals surface area (Å²) < 4.78 is 19.4. The molecule has 160 valence electrons. The van der Waals surface area contributed by atoms with Crippen molar-refractivity contribution in [3.8, 4) is 0 Å². The number of ether oxygens (including phenoxy) is 1. The summed E-state index contributed by atoms with van der Waals surface area (Å²) in [4.78, 5) is 15.5. The molecule has 0 spiro atoms. The van der Waals surface area contributed by atoms with Gasteiger partial charge >= 0.3 is 0 Å². The van der Waals surface area contributed by atoms with E-state index in [-0.39, 0.29) is 49.3 Å². The van der Waals surface area contributed by atoms with Crippen LogP contribution in [0.3, 0.4) is 0 Å². The number of hydrogen-bond acceptors (Lipinski definition) is 9. The molecule has 0 aromatic carbocycles. The lowest BCUT2D eigenvalue weighted by Crippen LogP contribution is -2.65. The zero-order chi connectivity index (χ0) is 19.8. The van der Waals surface area contributed by atoms with Crippen LogP contribution in [0.15, 0.2) is 0 Å². The number of carbonyl (C=O) groups excluding carboxylic acids is 1. The first-order chi connectivity index (χ1) is 13.5. The summed E-state index contributed by atoms with van der Waals surface area (Å²) in [6.45, 7) is 3.61. The quantitative estimate of drug-likeness (QED) is 0.286. The monoisotopic (exact) mass is 400 g/mol. The van der Waals surface area contributed by atoms with Gasteiger partial charge in [0.05, 0.1) is 24.4 Å². The maximum absolute atomic E-state index is 13.7. The number of rotatable bonds is 4. The molecule has 4 aliphatic heterocycles. The molecule has 0 bridgehead atoms. The Morgan fingerprint density at radius 2 is 2.07 bits per heavy atom. The normalized spacial score (nSPS) is 45.1. The second-order valence-electron chi connectivity index (χ2n) is 8.34. The van der Waals surface area contributed by atoms with Crippen LogP contribution in [0.2, 0.25) is 0 Å². The van der Waals surface area contributed by atoms with Crippen molar-refractivity contribution in [1.29, 1.82) is 0 Å². The topological polar surface area (TPSA) is 119 Å². The minimum Gasteiger partial charge on any atom is -0.380 e. The fourth-order valence-electron chi connectivity index (χ4n) is 5.17. The van der Waals surface area contributed by atoms with Crippen LogP contribution < -0.4 is 32.4 Å². The van der Waals surface area contributed by atoms with E-state index in [1.165, 1.54) is 0 Å². The highest BCUT2D eigenvalue weighted by molar-refractivity contribution is 5.80. The van der Waals surface area contributed by atoms with Crippen LogP contribution in [0, 0.1) is 11.8 Å². The molecular weight excluding hydrogens is 367 g/mol. The van der Waals surface area contributed by atoms with E-state index in [9.17, 15) is 9.18 Å². The summed E-state index contributed by atoms with van der Waals surface area (Å²) in [5.74, 6) is -0.443. The second kappa shape index (κ2) is 8.44. The zero-order valence-electron chi connectivity index (χ0n) is 16.5. The first-order valence-corrected chi connectivity index (χ1v) is 10.1. The molecule has 4 heterocycles. The Morgan fingerprint density at radius 3 is 2.79 bits per heavy atom. The van der Waals surface area contributed by atoms with E-state index in [4.69, 9.17) is 10.5 Å². The van der Waals surface area contributed by atoms with E-state index in [0.29, 0.717) is 6.54 Å². The number of hydrazine groups is 1. The van der Waals surface area contributed by atoms with Crippen LogP contribution in [0.5, 0.6) is 0 Å². The molecule has 4 fully saturated rings. The maximum Gasteiger partial charge on any atom is 0.229 e. The molecular formula is C17H33FN8O2. The first kappa shape index (κ1) is 20.4. The van der Waals surface area contributed by atoms with E-state index in [1.54, 1.807) is 12.1 Å². The number of nitrogens with zero attached hydrogens (tertiary/aromatic N) is 2. The molecule has 0 saturated carbocycles. The van der Waals surface area contributed by atoms with Gasteiger partial charge in [0.15, 0.2) is 0 Å². The number of likely N-dealkylation sites (N-methyl/N-ethyl adjacent to an activating group) is 1. The Balaban J connectivity index is 1.47. The third-order valence-corrected chi connectivity index (χ3v) is 6.58. The summed E-state index contributed by atoms with van der Waals surface area (Å²) in [6, 6.07) is 0.210. The summed E-state index contributed by atoms with van der Waals surface area (Å²) in [6.07, 6.45) is -1.81. The Hall–Kier alpha value is -0.920. The number of fused-ring (bicyclic) bond motifs is 1. The smallest absolute Gasteiger partial charge is 0.229 e. The van der Waals surface area contributed by atoms with Crippen LogP contribution >= 0.6 is 0 Å². The number of alkyl halides is 1. The molecule has 28 heavy (non-hydrogen) atoms. The molecule has 4 aliphatic rings. The van der Waals surface area contributed by atoms with Gasteiger partial charge in [-0.15, -0.1) is 0 Å². The second-order valence-corrected chi connectivity index (χ2v) is 8.34. The van der Waals surface area contributed by atoms with Crippen molar-refractivity contribution < 1.29 is 13.9 Å². The van der Waals surface area contributed by atoms with E-state index < -0.39 is 18.3 Å². The van der Waals surface area contributed by atoms with Crippen LogP contribution in [0.25, 0.3) is 0 Å². The molecule has 4 saturated heterocycles. The molecule has 0 aromatic rings. The number of halogens is 1. The minimum absolute atomic E-state index is 0.0124. The lowest BCUT2D eigenvalue weighted by Gasteiger charge is -2.43. The first-order valence-electron chi connectivity index (χ1n) is 10.1. The molecule has 8 unspecified atom stereocenters. The van der Waals surface area contributed by atoms with Gasteiger partial charge in [-0.1, -0.05) is 0 Å². The van der Waals surface area contributed by atoms with Crippen LogP contribution in [0.4, 0.5) is 4.39 Å². The molecule has 0 aliphatic carbocycles. The third-order valence-electron chi connectivity index (χ3n) is 6.58. The largest absolute Gasteiger partial charge is 0.380 e. The van der Waals surface area contributed by atoms with E-state index in [2.05, 4.69) is 38.6 Å².